The summed E-state index contributed by atoms with van der Waals surface area (Å²) in [7, 11) is 0. The Morgan fingerprint density at radius 3 is 2.67 bits per heavy atom. The molecule has 1 aromatic heterocycles. The number of nitrogens with one attached hydrogen (secondary N) is 1. The number of carbonyl (C=O) groups excluding carboxylic acids is 2. The van der Waals surface area contributed by atoms with Crippen LogP contribution in [0.2, 0.25) is 0 Å². The average molecular weight is 343 g/mol. The van der Waals surface area contributed by atoms with E-state index in [1.165, 1.54) is 18.3 Å². The lowest BCUT2D eigenvalue weighted by Gasteiger charge is -2.35. The molecule has 0 radical (unpaired) electrons. The lowest BCUT2D eigenvalue weighted by molar-refractivity contribution is -0.138. The third-order valence-corrected chi connectivity index (χ3v) is 5.34. The maximum atomic E-state index is 12.8. The van der Waals surface area contributed by atoms with Crippen LogP contribution >= 0.6 is 11.3 Å². The van der Waals surface area contributed by atoms with Crippen LogP contribution in [0.5, 0.6) is 0 Å². The van der Waals surface area contributed by atoms with E-state index in [2.05, 4.69) is 10.3 Å². The average Bonchev–Trinajstić information content (AvgIpc) is 2.92. The highest BCUT2D eigenvalue weighted by molar-refractivity contribution is 7.15. The monoisotopic (exact) mass is 343 g/mol. The molecule has 1 aliphatic rings. The van der Waals surface area contributed by atoms with Gasteiger partial charge in [-0.15, -0.1) is 11.3 Å². The van der Waals surface area contributed by atoms with Crippen molar-refractivity contribution in [3.8, 4) is 0 Å². The number of nitrogens with zero attached hydrogens (tertiary/aromatic N) is 2. The summed E-state index contributed by atoms with van der Waals surface area (Å²) < 4.78 is 0. The number of thiazole rings is 1. The van der Waals surface area contributed by atoms with Crippen LogP contribution in [0.15, 0.2) is 24.3 Å². The molecule has 1 N–H and O–H groups in total. The van der Waals surface area contributed by atoms with E-state index in [1.54, 1.807) is 4.90 Å². The second-order valence-corrected chi connectivity index (χ2v) is 7.20. The van der Waals surface area contributed by atoms with Crippen LogP contribution in [-0.2, 0) is 29.0 Å². The Kier molecular flexibility index (Phi) is 4.66. The summed E-state index contributed by atoms with van der Waals surface area (Å²) in [5, 5.41) is 3.51. The number of benzene rings is 1. The van der Waals surface area contributed by atoms with E-state index in [9.17, 15) is 9.59 Å². The molecule has 0 saturated carbocycles. The molecule has 0 fully saturated rings. The summed E-state index contributed by atoms with van der Waals surface area (Å²) in [6.07, 6.45) is 1.38. The third kappa shape index (κ3) is 3.19. The molecule has 1 aromatic carbocycles. The standard InChI is InChI=1S/C18H21N3O2S/c1-4-15-11(2)24-18(19-15)20-17(23)16-9-13-7-5-6-8-14(13)10-21(16)12(3)22/h5-8,16H,4,9-10H2,1-3H3,(H,19,20,23)/t16-/m1/s1. The van der Waals surface area contributed by atoms with Crippen molar-refractivity contribution >= 4 is 28.3 Å². The van der Waals surface area contributed by atoms with E-state index in [0.29, 0.717) is 18.1 Å². The smallest absolute Gasteiger partial charge is 0.249 e. The maximum Gasteiger partial charge on any atom is 0.249 e. The van der Waals surface area contributed by atoms with Crippen molar-refractivity contribution in [1.29, 1.82) is 0 Å². The molecular weight excluding hydrogens is 322 g/mol. The second kappa shape index (κ2) is 6.73. The van der Waals surface area contributed by atoms with E-state index in [-0.39, 0.29) is 11.8 Å². The lowest BCUT2D eigenvalue weighted by atomic mass is 9.93. The summed E-state index contributed by atoms with van der Waals surface area (Å²) in [5.41, 5.74) is 3.24. The molecule has 1 atom stereocenters. The Morgan fingerprint density at radius 1 is 1.33 bits per heavy atom. The third-order valence-electron chi connectivity index (χ3n) is 4.41. The largest absolute Gasteiger partial charge is 0.326 e. The summed E-state index contributed by atoms with van der Waals surface area (Å²) in [6.45, 7) is 6.03. The number of rotatable bonds is 3. The van der Waals surface area contributed by atoms with Gasteiger partial charge >= 0.3 is 0 Å². The van der Waals surface area contributed by atoms with Crippen molar-refractivity contribution in [2.75, 3.05) is 5.32 Å². The Hall–Kier alpha value is -2.21. The predicted molar refractivity (Wildman–Crippen MR) is 95.0 cm³/mol. The Bertz CT molecular complexity index is 784. The summed E-state index contributed by atoms with van der Waals surface area (Å²) in [5.74, 6) is -0.259. The molecule has 2 heterocycles. The topological polar surface area (TPSA) is 62.3 Å². The minimum absolute atomic E-state index is 0.0887. The summed E-state index contributed by atoms with van der Waals surface area (Å²) in [4.78, 5) is 32.0. The molecule has 0 unspecified atom stereocenters. The molecule has 0 spiro atoms. The molecule has 1 aliphatic heterocycles. The van der Waals surface area contributed by atoms with E-state index < -0.39 is 6.04 Å². The number of aromatic nitrogens is 1. The van der Waals surface area contributed by atoms with Crippen molar-refractivity contribution in [3.63, 3.8) is 0 Å². The zero-order valence-electron chi connectivity index (χ0n) is 14.1. The first-order valence-corrected chi connectivity index (χ1v) is 8.92. The number of aryl methyl sites for hydroxylation is 2. The molecule has 126 valence electrons. The first-order chi connectivity index (χ1) is 11.5. The van der Waals surface area contributed by atoms with Gasteiger partial charge in [0.2, 0.25) is 11.8 Å². The van der Waals surface area contributed by atoms with Gasteiger partial charge in [0.05, 0.1) is 5.69 Å². The number of carbonyl (C=O) groups is 2. The Balaban J connectivity index is 1.82. The molecule has 0 aliphatic carbocycles. The minimum atomic E-state index is -0.494. The molecule has 6 heteroatoms. The van der Waals surface area contributed by atoms with Crippen LogP contribution in [0.4, 0.5) is 5.13 Å². The van der Waals surface area contributed by atoms with Crippen LogP contribution in [0.25, 0.3) is 0 Å². The Morgan fingerprint density at radius 2 is 2.04 bits per heavy atom. The fourth-order valence-corrected chi connectivity index (χ4v) is 3.99. The SMILES string of the molecule is CCc1nc(NC(=O)[C@H]2Cc3ccccc3CN2C(C)=O)sc1C. The molecule has 2 amide bonds. The van der Waals surface area contributed by atoms with Crippen LogP contribution in [0, 0.1) is 6.92 Å². The van der Waals surface area contributed by atoms with Crippen LogP contribution in [-0.4, -0.2) is 27.7 Å². The van der Waals surface area contributed by atoms with E-state index >= 15 is 0 Å². The van der Waals surface area contributed by atoms with Crippen LogP contribution in [0.1, 0.15) is 35.5 Å². The zero-order valence-corrected chi connectivity index (χ0v) is 14.9. The number of anilines is 1. The molecule has 0 bridgehead atoms. The fourth-order valence-electron chi connectivity index (χ4n) is 3.09. The maximum absolute atomic E-state index is 12.8. The van der Waals surface area contributed by atoms with Gasteiger partial charge in [0.1, 0.15) is 6.04 Å². The predicted octanol–water partition coefficient (Wildman–Crippen LogP) is 2.93. The van der Waals surface area contributed by atoms with Gasteiger partial charge < -0.3 is 10.2 Å². The van der Waals surface area contributed by atoms with Gasteiger partial charge in [-0.05, 0) is 24.5 Å². The van der Waals surface area contributed by atoms with Gasteiger partial charge in [-0.1, -0.05) is 31.2 Å². The molecule has 2 aromatic rings. The van der Waals surface area contributed by atoms with Crippen molar-refractivity contribution in [1.82, 2.24) is 9.88 Å². The highest BCUT2D eigenvalue weighted by Crippen LogP contribution is 2.26. The summed E-state index contributed by atoms with van der Waals surface area (Å²) in [6, 6.07) is 7.47. The van der Waals surface area contributed by atoms with Gasteiger partial charge in [-0.3, -0.25) is 9.59 Å². The van der Waals surface area contributed by atoms with Gasteiger partial charge in [-0.25, -0.2) is 4.98 Å². The van der Waals surface area contributed by atoms with Crippen molar-refractivity contribution in [3.05, 3.63) is 46.0 Å². The van der Waals surface area contributed by atoms with Gasteiger partial charge in [0, 0.05) is 24.8 Å². The van der Waals surface area contributed by atoms with E-state index in [4.69, 9.17) is 0 Å². The fraction of sp³-hybridized carbons (Fsp3) is 0.389. The molecule has 3 rings (SSSR count). The van der Waals surface area contributed by atoms with Crippen molar-refractivity contribution in [2.45, 2.75) is 46.2 Å². The first kappa shape index (κ1) is 16.6. The second-order valence-electron chi connectivity index (χ2n) is 6.00. The molecule has 0 saturated heterocycles. The molecule has 24 heavy (non-hydrogen) atoms. The summed E-state index contributed by atoms with van der Waals surface area (Å²) >= 11 is 1.48. The minimum Gasteiger partial charge on any atom is -0.326 e. The van der Waals surface area contributed by atoms with Gasteiger partial charge in [-0.2, -0.15) is 0 Å². The van der Waals surface area contributed by atoms with Crippen LogP contribution < -0.4 is 5.32 Å². The zero-order chi connectivity index (χ0) is 17.3. The lowest BCUT2D eigenvalue weighted by Crippen LogP contribution is -2.49. The van der Waals surface area contributed by atoms with Gasteiger partial charge in [0.15, 0.2) is 5.13 Å². The number of hydrogen-bond acceptors (Lipinski definition) is 4. The first-order valence-electron chi connectivity index (χ1n) is 8.10. The molecule has 5 nitrogen and oxygen atoms in total. The highest BCUT2D eigenvalue weighted by atomic mass is 32.1. The molecular formula is C18H21N3O2S. The number of hydrogen-bond donors (Lipinski definition) is 1. The number of amides is 2. The van der Waals surface area contributed by atoms with Crippen LogP contribution in [0.3, 0.4) is 0 Å². The Labute approximate surface area is 145 Å². The van der Waals surface area contributed by atoms with Gasteiger partial charge in [0.25, 0.3) is 0 Å². The number of fused-ring (bicyclic) bond motifs is 1. The quantitative estimate of drug-likeness (QED) is 0.932. The highest BCUT2D eigenvalue weighted by Gasteiger charge is 2.33. The normalized spacial score (nSPS) is 16.6. The van der Waals surface area contributed by atoms with Crippen molar-refractivity contribution in [2.24, 2.45) is 0 Å². The van der Waals surface area contributed by atoms with E-state index in [0.717, 1.165) is 28.1 Å². The van der Waals surface area contributed by atoms with Crippen molar-refractivity contribution < 1.29 is 9.59 Å². The van der Waals surface area contributed by atoms with E-state index in [1.807, 2.05) is 38.1 Å².